The van der Waals surface area contributed by atoms with E-state index in [0.717, 1.165) is 18.7 Å². The summed E-state index contributed by atoms with van der Waals surface area (Å²) in [5, 5.41) is 9.24. The van der Waals surface area contributed by atoms with Crippen LogP contribution >= 0.6 is 0 Å². The lowest BCUT2D eigenvalue weighted by atomic mass is 10.0. The fourth-order valence-corrected chi connectivity index (χ4v) is 2.24. The summed E-state index contributed by atoms with van der Waals surface area (Å²) in [6.07, 6.45) is 2.65. The van der Waals surface area contributed by atoms with Crippen molar-refractivity contribution in [2.75, 3.05) is 0 Å². The fourth-order valence-electron chi connectivity index (χ4n) is 2.24. The largest absolute Gasteiger partial charge is 0.478 e. The van der Waals surface area contributed by atoms with Gasteiger partial charge in [0.05, 0.1) is 5.56 Å². The van der Waals surface area contributed by atoms with Gasteiger partial charge in [-0.25, -0.2) is 4.79 Å². The topological polar surface area (TPSA) is 42.2 Å². The van der Waals surface area contributed by atoms with E-state index in [9.17, 15) is 9.90 Å². The Bertz CT molecular complexity index is 555. The summed E-state index contributed by atoms with van der Waals surface area (Å²) >= 11 is 0. The Hall–Kier alpha value is -2.03. The smallest absolute Gasteiger partial charge is 0.337 e. The Morgan fingerprint density at radius 1 is 1.21 bits per heavy atom. The van der Waals surface area contributed by atoms with Crippen LogP contribution in [0.1, 0.15) is 35.5 Å². The normalized spacial score (nSPS) is 10.9. The molecule has 0 aliphatic carbocycles. The van der Waals surface area contributed by atoms with Crippen LogP contribution in [0.3, 0.4) is 0 Å². The molecule has 0 amide bonds. The average molecular weight is 257 g/mol. The molecule has 0 atom stereocenters. The molecule has 0 aliphatic rings. The highest BCUT2D eigenvalue weighted by Crippen LogP contribution is 2.17. The predicted octanol–water partition coefficient (Wildman–Crippen LogP) is 3.43. The van der Waals surface area contributed by atoms with Gasteiger partial charge < -0.3 is 9.67 Å². The first-order chi connectivity index (χ1) is 9.08. The number of carboxylic acid groups (broad SMARTS) is 1. The van der Waals surface area contributed by atoms with Crippen LogP contribution in [0.15, 0.2) is 42.6 Å². The maximum Gasteiger partial charge on any atom is 0.337 e. The fraction of sp³-hybridized carbons (Fsp3) is 0.312. The molecule has 100 valence electrons. The van der Waals surface area contributed by atoms with Gasteiger partial charge in [0.25, 0.3) is 0 Å². The van der Waals surface area contributed by atoms with Crippen molar-refractivity contribution in [1.29, 1.82) is 0 Å². The zero-order valence-corrected chi connectivity index (χ0v) is 11.3. The van der Waals surface area contributed by atoms with Crippen LogP contribution in [0, 0.1) is 5.92 Å². The Morgan fingerprint density at radius 2 is 1.89 bits per heavy atom. The van der Waals surface area contributed by atoms with Gasteiger partial charge in [0.2, 0.25) is 0 Å². The zero-order chi connectivity index (χ0) is 13.8. The summed E-state index contributed by atoms with van der Waals surface area (Å²) < 4.78 is 2.04. The lowest BCUT2D eigenvalue weighted by molar-refractivity contribution is 0.0695. The molecular formula is C16H19NO2. The molecule has 0 bridgehead atoms. The number of aromatic carboxylic acids is 1. The quantitative estimate of drug-likeness (QED) is 0.891. The van der Waals surface area contributed by atoms with Crippen LogP contribution in [-0.4, -0.2) is 15.6 Å². The van der Waals surface area contributed by atoms with Crippen LogP contribution in [0.2, 0.25) is 0 Å². The highest BCUT2D eigenvalue weighted by Gasteiger charge is 2.16. The highest BCUT2D eigenvalue weighted by molar-refractivity contribution is 5.89. The Labute approximate surface area is 113 Å². The van der Waals surface area contributed by atoms with Crippen molar-refractivity contribution in [3.63, 3.8) is 0 Å². The van der Waals surface area contributed by atoms with E-state index in [4.69, 9.17) is 0 Å². The molecule has 0 saturated carbocycles. The number of carboxylic acids is 1. The highest BCUT2D eigenvalue weighted by atomic mass is 16.4. The monoisotopic (exact) mass is 257 g/mol. The van der Waals surface area contributed by atoms with Gasteiger partial charge in [-0.2, -0.15) is 0 Å². The number of nitrogens with zero attached hydrogens (tertiary/aromatic N) is 1. The number of carbonyl (C=O) groups is 1. The van der Waals surface area contributed by atoms with Crippen molar-refractivity contribution in [1.82, 2.24) is 4.57 Å². The molecule has 1 N–H and O–H groups in total. The van der Waals surface area contributed by atoms with E-state index in [1.165, 1.54) is 5.56 Å². The number of benzene rings is 1. The van der Waals surface area contributed by atoms with Gasteiger partial charge in [0, 0.05) is 18.4 Å². The molecule has 1 aromatic heterocycles. The first-order valence-corrected chi connectivity index (χ1v) is 6.53. The lowest BCUT2D eigenvalue weighted by Crippen LogP contribution is -2.10. The second kappa shape index (κ2) is 5.74. The second-order valence-corrected chi connectivity index (χ2v) is 5.19. The van der Waals surface area contributed by atoms with E-state index in [1.807, 2.05) is 29.0 Å². The number of hydrogen-bond donors (Lipinski definition) is 1. The van der Waals surface area contributed by atoms with Crippen LogP contribution < -0.4 is 0 Å². The van der Waals surface area contributed by atoms with E-state index in [1.54, 1.807) is 6.07 Å². The maximum absolute atomic E-state index is 11.3. The van der Waals surface area contributed by atoms with Crippen molar-refractivity contribution in [3.8, 4) is 0 Å². The molecule has 0 radical (unpaired) electrons. The molecule has 0 saturated heterocycles. The van der Waals surface area contributed by atoms with Crippen LogP contribution in [0.5, 0.6) is 0 Å². The third kappa shape index (κ3) is 3.25. The summed E-state index contributed by atoms with van der Waals surface area (Å²) in [5.41, 5.74) is 2.51. The third-order valence-electron chi connectivity index (χ3n) is 3.11. The minimum absolute atomic E-state index is 0.421. The van der Waals surface area contributed by atoms with Crippen molar-refractivity contribution in [3.05, 3.63) is 59.4 Å². The third-order valence-corrected chi connectivity index (χ3v) is 3.11. The van der Waals surface area contributed by atoms with Gasteiger partial charge in [0.15, 0.2) is 0 Å². The SMILES string of the molecule is CC(C)Cc1c(C(=O)O)ccn1Cc1ccccc1. The van der Waals surface area contributed by atoms with Gasteiger partial charge in [-0.15, -0.1) is 0 Å². The van der Waals surface area contributed by atoms with Gasteiger partial charge in [-0.05, 0) is 24.0 Å². The molecule has 19 heavy (non-hydrogen) atoms. The predicted molar refractivity (Wildman–Crippen MR) is 75.5 cm³/mol. The van der Waals surface area contributed by atoms with Crippen LogP contribution in [0.4, 0.5) is 0 Å². The molecule has 2 rings (SSSR count). The van der Waals surface area contributed by atoms with E-state index in [2.05, 4.69) is 26.0 Å². The molecule has 3 nitrogen and oxygen atoms in total. The van der Waals surface area contributed by atoms with Crippen molar-refractivity contribution >= 4 is 5.97 Å². The van der Waals surface area contributed by atoms with Gasteiger partial charge in [-0.3, -0.25) is 0 Å². The Kier molecular flexibility index (Phi) is 4.05. The van der Waals surface area contributed by atoms with E-state index >= 15 is 0 Å². The summed E-state index contributed by atoms with van der Waals surface area (Å²) in [7, 11) is 0. The average Bonchev–Trinajstić information content (AvgIpc) is 2.73. The number of hydrogen-bond acceptors (Lipinski definition) is 1. The molecule has 0 fully saturated rings. The van der Waals surface area contributed by atoms with Gasteiger partial charge >= 0.3 is 5.97 Å². The van der Waals surface area contributed by atoms with E-state index in [0.29, 0.717) is 11.5 Å². The zero-order valence-electron chi connectivity index (χ0n) is 11.3. The summed E-state index contributed by atoms with van der Waals surface area (Å²) in [4.78, 5) is 11.3. The molecule has 3 heteroatoms. The Morgan fingerprint density at radius 3 is 2.47 bits per heavy atom. The second-order valence-electron chi connectivity index (χ2n) is 5.19. The summed E-state index contributed by atoms with van der Waals surface area (Å²) in [6.45, 7) is 4.92. The van der Waals surface area contributed by atoms with Crippen molar-refractivity contribution in [2.24, 2.45) is 5.92 Å². The summed E-state index contributed by atoms with van der Waals surface area (Å²) in [6, 6.07) is 11.8. The molecule has 0 spiro atoms. The van der Waals surface area contributed by atoms with Crippen LogP contribution in [0.25, 0.3) is 0 Å². The number of rotatable bonds is 5. The Balaban J connectivity index is 2.32. The first-order valence-electron chi connectivity index (χ1n) is 6.53. The van der Waals surface area contributed by atoms with Crippen molar-refractivity contribution < 1.29 is 9.90 Å². The van der Waals surface area contributed by atoms with Gasteiger partial charge in [-0.1, -0.05) is 44.2 Å². The standard InChI is InChI=1S/C16H19NO2/c1-12(2)10-15-14(16(18)19)8-9-17(15)11-13-6-4-3-5-7-13/h3-9,12H,10-11H2,1-2H3,(H,18,19). The first kappa shape index (κ1) is 13.4. The van der Waals surface area contributed by atoms with Crippen molar-refractivity contribution in [2.45, 2.75) is 26.8 Å². The molecular weight excluding hydrogens is 238 g/mol. The number of aromatic nitrogens is 1. The molecule has 0 aliphatic heterocycles. The summed E-state index contributed by atoms with van der Waals surface area (Å²) in [5.74, 6) is -0.412. The molecule has 2 aromatic rings. The molecule has 1 heterocycles. The van der Waals surface area contributed by atoms with Gasteiger partial charge in [0.1, 0.15) is 0 Å². The minimum atomic E-state index is -0.845. The molecule has 0 unspecified atom stereocenters. The molecule has 1 aromatic carbocycles. The lowest BCUT2D eigenvalue weighted by Gasteiger charge is -2.12. The van der Waals surface area contributed by atoms with Crippen LogP contribution in [-0.2, 0) is 13.0 Å². The van der Waals surface area contributed by atoms with E-state index in [-0.39, 0.29) is 0 Å². The minimum Gasteiger partial charge on any atom is -0.478 e. The van der Waals surface area contributed by atoms with E-state index < -0.39 is 5.97 Å². The maximum atomic E-state index is 11.3.